The molecule has 1 atom stereocenters. The number of hydrogen-bond donors (Lipinski definition) is 1. The van der Waals surface area contributed by atoms with Crippen LogP contribution in [0, 0.1) is 6.92 Å². The van der Waals surface area contributed by atoms with Gasteiger partial charge in [0.05, 0.1) is 5.69 Å². The maximum atomic E-state index is 12.8. The molecule has 2 aromatic carbocycles. The first-order valence-corrected chi connectivity index (χ1v) is 9.69. The Morgan fingerprint density at radius 1 is 1.13 bits per heavy atom. The van der Waals surface area contributed by atoms with E-state index in [2.05, 4.69) is 17.2 Å². The van der Waals surface area contributed by atoms with E-state index in [-0.39, 0.29) is 12.5 Å². The second-order valence-corrected chi connectivity index (χ2v) is 7.50. The van der Waals surface area contributed by atoms with Gasteiger partial charge in [-0.3, -0.25) is 9.58 Å². The molecule has 0 spiro atoms. The van der Waals surface area contributed by atoms with E-state index in [0.29, 0.717) is 11.3 Å². The molecule has 154 valence electrons. The highest BCUT2D eigenvalue weighted by Gasteiger charge is 2.34. The van der Waals surface area contributed by atoms with Crippen LogP contribution in [-0.4, -0.2) is 45.5 Å². The average Bonchev–Trinajstić information content (AvgIpc) is 3.22. The largest absolute Gasteiger partial charge is 0.479 e. The number of benzene rings is 2. The van der Waals surface area contributed by atoms with Crippen LogP contribution in [0.5, 0.6) is 0 Å². The van der Waals surface area contributed by atoms with Crippen molar-refractivity contribution in [1.29, 1.82) is 0 Å². The minimum atomic E-state index is -1.17. The third kappa shape index (κ3) is 3.32. The number of amides is 1. The smallest absolute Gasteiger partial charge is 0.410 e. The number of carboxylic acids is 1. The maximum absolute atomic E-state index is 12.8. The van der Waals surface area contributed by atoms with Gasteiger partial charge in [0.25, 0.3) is 0 Å². The Morgan fingerprint density at radius 2 is 1.70 bits per heavy atom. The van der Waals surface area contributed by atoms with Crippen LogP contribution in [0.1, 0.15) is 34.3 Å². The Bertz CT molecular complexity index is 1080. The molecular formula is C23H23N3O4. The quantitative estimate of drug-likeness (QED) is 0.699. The van der Waals surface area contributed by atoms with Crippen LogP contribution < -0.4 is 0 Å². The zero-order valence-corrected chi connectivity index (χ0v) is 17.1. The number of carbonyl (C=O) groups excluding carboxylic acids is 1. The minimum Gasteiger partial charge on any atom is -0.479 e. The van der Waals surface area contributed by atoms with E-state index in [0.717, 1.165) is 27.2 Å². The van der Waals surface area contributed by atoms with Crippen molar-refractivity contribution in [2.24, 2.45) is 7.05 Å². The maximum Gasteiger partial charge on any atom is 0.410 e. The van der Waals surface area contributed by atoms with Crippen molar-refractivity contribution in [3.05, 3.63) is 77.1 Å². The highest BCUT2D eigenvalue weighted by Crippen LogP contribution is 2.44. The number of hydrogen-bond acceptors (Lipinski definition) is 4. The number of ether oxygens (including phenoxy) is 1. The second-order valence-electron chi connectivity index (χ2n) is 7.50. The van der Waals surface area contributed by atoms with E-state index < -0.39 is 18.1 Å². The van der Waals surface area contributed by atoms with Gasteiger partial charge in [0, 0.05) is 31.8 Å². The zero-order chi connectivity index (χ0) is 21.4. The minimum absolute atomic E-state index is 0.0850. The monoisotopic (exact) mass is 405 g/mol. The molecule has 0 saturated heterocycles. The fourth-order valence-corrected chi connectivity index (χ4v) is 4.19. The standard InChI is InChI=1S/C23H23N3O4/c1-14-19(12-25(2)24-14)21(22(27)28)26(3)23(29)30-13-20-17-10-6-4-8-15(17)16-9-5-7-11-18(16)20/h4-12,20-21H,13H2,1-3H3,(H,27,28). The van der Waals surface area contributed by atoms with E-state index in [1.165, 1.54) is 11.7 Å². The lowest BCUT2D eigenvalue weighted by atomic mass is 9.98. The van der Waals surface area contributed by atoms with Gasteiger partial charge in [-0.25, -0.2) is 9.59 Å². The molecule has 0 saturated carbocycles. The van der Waals surface area contributed by atoms with Crippen LogP contribution in [0.4, 0.5) is 4.79 Å². The summed E-state index contributed by atoms with van der Waals surface area (Å²) in [5, 5.41) is 13.9. The Kier molecular flexibility index (Phi) is 5.03. The predicted octanol–water partition coefficient (Wildman–Crippen LogP) is 3.74. The van der Waals surface area contributed by atoms with Crippen molar-refractivity contribution >= 4 is 12.1 Å². The molecule has 1 N–H and O–H groups in total. The van der Waals surface area contributed by atoms with Crippen molar-refractivity contribution in [3.63, 3.8) is 0 Å². The zero-order valence-electron chi connectivity index (χ0n) is 17.1. The molecule has 0 fully saturated rings. The van der Waals surface area contributed by atoms with Gasteiger partial charge in [-0.05, 0) is 29.2 Å². The molecule has 1 aliphatic carbocycles. The molecule has 7 heteroatoms. The van der Waals surface area contributed by atoms with Crippen molar-refractivity contribution in [2.75, 3.05) is 13.7 Å². The predicted molar refractivity (Wildman–Crippen MR) is 111 cm³/mol. The number of fused-ring (bicyclic) bond motifs is 3. The number of aliphatic carboxylic acids is 1. The molecule has 1 aromatic heterocycles. The first kappa shape index (κ1) is 19.7. The number of aryl methyl sites for hydroxylation is 2. The SMILES string of the molecule is Cc1nn(C)cc1C(C(=O)O)N(C)C(=O)OCC1c2ccccc2-c2ccccc21. The topological polar surface area (TPSA) is 84.7 Å². The van der Waals surface area contributed by atoms with Crippen molar-refractivity contribution in [1.82, 2.24) is 14.7 Å². The van der Waals surface area contributed by atoms with Gasteiger partial charge in [-0.2, -0.15) is 5.10 Å². The van der Waals surface area contributed by atoms with E-state index >= 15 is 0 Å². The summed E-state index contributed by atoms with van der Waals surface area (Å²) in [5.74, 6) is -1.22. The van der Waals surface area contributed by atoms with E-state index in [1.54, 1.807) is 20.2 Å². The highest BCUT2D eigenvalue weighted by molar-refractivity contribution is 5.82. The number of carbonyl (C=O) groups is 2. The van der Waals surface area contributed by atoms with Crippen molar-refractivity contribution in [3.8, 4) is 11.1 Å². The van der Waals surface area contributed by atoms with Crippen LogP contribution in [0.25, 0.3) is 11.1 Å². The van der Waals surface area contributed by atoms with Crippen LogP contribution in [0.2, 0.25) is 0 Å². The Morgan fingerprint density at radius 3 is 2.20 bits per heavy atom. The molecule has 3 aromatic rings. The molecule has 1 aliphatic rings. The summed E-state index contributed by atoms with van der Waals surface area (Å²) in [5.41, 5.74) is 5.50. The van der Waals surface area contributed by atoms with Gasteiger partial charge in [0.1, 0.15) is 6.61 Å². The fraction of sp³-hybridized carbons (Fsp3) is 0.261. The van der Waals surface area contributed by atoms with Gasteiger partial charge < -0.3 is 9.84 Å². The number of aromatic nitrogens is 2. The summed E-state index contributed by atoms with van der Waals surface area (Å²) >= 11 is 0. The van der Waals surface area contributed by atoms with E-state index in [4.69, 9.17) is 4.74 Å². The molecule has 30 heavy (non-hydrogen) atoms. The Balaban J connectivity index is 1.54. The summed E-state index contributed by atoms with van der Waals surface area (Å²) < 4.78 is 7.13. The summed E-state index contributed by atoms with van der Waals surface area (Å²) in [7, 11) is 3.15. The van der Waals surface area contributed by atoms with Gasteiger partial charge in [-0.1, -0.05) is 48.5 Å². The highest BCUT2D eigenvalue weighted by atomic mass is 16.6. The molecule has 1 heterocycles. The molecule has 0 radical (unpaired) electrons. The molecule has 0 aliphatic heterocycles. The third-order valence-corrected chi connectivity index (χ3v) is 5.59. The lowest BCUT2D eigenvalue weighted by Gasteiger charge is -2.25. The summed E-state index contributed by atoms with van der Waals surface area (Å²) in [6.45, 7) is 1.85. The van der Waals surface area contributed by atoms with Gasteiger partial charge in [0.2, 0.25) is 0 Å². The summed E-state index contributed by atoms with van der Waals surface area (Å²) in [6.07, 6.45) is 0.925. The Labute approximate surface area is 174 Å². The van der Waals surface area contributed by atoms with Crippen molar-refractivity contribution < 1.29 is 19.4 Å². The Hall–Kier alpha value is -3.61. The van der Waals surface area contributed by atoms with Crippen LogP contribution >= 0.6 is 0 Å². The number of carboxylic acid groups (broad SMARTS) is 1. The second kappa shape index (κ2) is 7.67. The van der Waals surface area contributed by atoms with E-state index in [9.17, 15) is 14.7 Å². The van der Waals surface area contributed by atoms with Crippen LogP contribution in [0.3, 0.4) is 0 Å². The summed E-state index contributed by atoms with van der Waals surface area (Å²) in [4.78, 5) is 25.8. The normalized spacial score (nSPS) is 13.4. The average molecular weight is 405 g/mol. The first-order valence-electron chi connectivity index (χ1n) is 9.69. The van der Waals surface area contributed by atoms with E-state index in [1.807, 2.05) is 36.4 Å². The molecular weight excluding hydrogens is 382 g/mol. The fourth-order valence-electron chi connectivity index (χ4n) is 4.19. The first-order chi connectivity index (χ1) is 14.4. The third-order valence-electron chi connectivity index (χ3n) is 5.59. The van der Waals surface area contributed by atoms with Gasteiger partial charge >= 0.3 is 12.1 Å². The lowest BCUT2D eigenvalue weighted by molar-refractivity contribution is -0.142. The van der Waals surface area contributed by atoms with Crippen molar-refractivity contribution in [2.45, 2.75) is 18.9 Å². The van der Waals surface area contributed by atoms with Gasteiger partial charge in [-0.15, -0.1) is 0 Å². The molecule has 7 nitrogen and oxygen atoms in total. The lowest BCUT2D eigenvalue weighted by Crippen LogP contribution is -2.37. The van der Waals surface area contributed by atoms with Gasteiger partial charge in [0.15, 0.2) is 6.04 Å². The number of likely N-dealkylation sites (N-methyl/N-ethyl adjacent to an activating group) is 1. The number of rotatable bonds is 5. The van der Waals surface area contributed by atoms with Crippen LogP contribution in [0.15, 0.2) is 54.7 Å². The number of nitrogens with zero attached hydrogens (tertiary/aromatic N) is 3. The molecule has 1 unspecified atom stereocenters. The van der Waals surface area contributed by atoms with Crippen LogP contribution in [-0.2, 0) is 16.6 Å². The summed E-state index contributed by atoms with van der Waals surface area (Å²) in [6, 6.07) is 15.0. The molecule has 1 amide bonds. The molecule has 0 bridgehead atoms. The molecule has 4 rings (SSSR count).